The number of nitrogens with one attached hydrogen (secondary N) is 1. The van der Waals surface area contributed by atoms with Crippen LogP contribution in [0.1, 0.15) is 24.0 Å². The molecule has 2 aromatic rings. The van der Waals surface area contributed by atoms with Crippen LogP contribution in [0.25, 0.3) is 0 Å². The van der Waals surface area contributed by atoms with Crippen LogP contribution in [0.3, 0.4) is 0 Å². The summed E-state index contributed by atoms with van der Waals surface area (Å²) < 4.78 is 13.1. The summed E-state index contributed by atoms with van der Waals surface area (Å²) in [5.74, 6) is 2.06. The maximum absolute atomic E-state index is 13.1. The summed E-state index contributed by atoms with van der Waals surface area (Å²) in [4.78, 5) is 9.90. The van der Waals surface area contributed by atoms with Gasteiger partial charge in [-0.15, -0.1) is 11.8 Å². The van der Waals surface area contributed by atoms with Gasteiger partial charge >= 0.3 is 0 Å². The molecule has 0 atom stereocenters. The standard InChI is InChI=1S/C15H18FN3S/c1-4-17-15-10(2)11(3)18-14(19-15)9-20-13-7-5-6-12(16)8-13/h5-8H,4,9H2,1-3H3,(H,17,18,19). The van der Waals surface area contributed by atoms with Crippen LogP contribution in [-0.2, 0) is 5.75 Å². The first-order valence-corrected chi connectivity index (χ1v) is 7.55. The fourth-order valence-electron chi connectivity index (χ4n) is 1.80. The van der Waals surface area contributed by atoms with Crippen molar-refractivity contribution in [3.63, 3.8) is 0 Å². The van der Waals surface area contributed by atoms with Crippen LogP contribution in [-0.4, -0.2) is 16.5 Å². The van der Waals surface area contributed by atoms with E-state index in [2.05, 4.69) is 15.3 Å². The van der Waals surface area contributed by atoms with E-state index in [1.54, 1.807) is 6.07 Å². The molecule has 0 saturated heterocycles. The Morgan fingerprint density at radius 3 is 2.75 bits per heavy atom. The van der Waals surface area contributed by atoms with Crippen LogP contribution in [0.15, 0.2) is 29.2 Å². The third kappa shape index (κ3) is 3.70. The molecule has 5 heteroatoms. The van der Waals surface area contributed by atoms with Gasteiger partial charge in [-0.1, -0.05) is 6.07 Å². The largest absolute Gasteiger partial charge is 0.370 e. The fourth-order valence-corrected chi connectivity index (χ4v) is 2.59. The first kappa shape index (κ1) is 14.8. The molecule has 1 N–H and O–H groups in total. The van der Waals surface area contributed by atoms with Gasteiger partial charge < -0.3 is 5.32 Å². The number of aromatic nitrogens is 2. The normalized spacial score (nSPS) is 10.6. The van der Waals surface area contributed by atoms with Gasteiger partial charge in [0.1, 0.15) is 17.5 Å². The Morgan fingerprint density at radius 2 is 2.05 bits per heavy atom. The number of hydrogen-bond donors (Lipinski definition) is 1. The van der Waals surface area contributed by atoms with Crippen molar-refractivity contribution < 1.29 is 4.39 Å². The van der Waals surface area contributed by atoms with Gasteiger partial charge in [0, 0.05) is 22.7 Å². The van der Waals surface area contributed by atoms with Crippen LogP contribution in [0.4, 0.5) is 10.2 Å². The molecule has 0 fully saturated rings. The van der Waals surface area contributed by atoms with Crippen molar-refractivity contribution in [3.8, 4) is 0 Å². The molecule has 0 radical (unpaired) electrons. The maximum Gasteiger partial charge on any atom is 0.141 e. The molecule has 20 heavy (non-hydrogen) atoms. The molecule has 0 aliphatic rings. The minimum Gasteiger partial charge on any atom is -0.370 e. The molecule has 3 nitrogen and oxygen atoms in total. The van der Waals surface area contributed by atoms with Gasteiger partial charge in [-0.2, -0.15) is 0 Å². The summed E-state index contributed by atoms with van der Waals surface area (Å²) in [7, 11) is 0. The van der Waals surface area contributed by atoms with E-state index >= 15 is 0 Å². The molecule has 1 heterocycles. The molecular formula is C15H18FN3S. The average molecular weight is 291 g/mol. The van der Waals surface area contributed by atoms with Crippen molar-refractivity contribution in [3.05, 3.63) is 47.2 Å². The first-order chi connectivity index (χ1) is 9.60. The molecule has 0 unspecified atom stereocenters. The lowest BCUT2D eigenvalue weighted by atomic mass is 10.2. The van der Waals surface area contributed by atoms with Crippen molar-refractivity contribution in [1.29, 1.82) is 0 Å². The van der Waals surface area contributed by atoms with E-state index in [-0.39, 0.29) is 5.82 Å². The number of aryl methyl sites for hydroxylation is 1. The fraction of sp³-hybridized carbons (Fsp3) is 0.333. The van der Waals surface area contributed by atoms with Crippen molar-refractivity contribution in [2.75, 3.05) is 11.9 Å². The summed E-state index contributed by atoms with van der Waals surface area (Å²) in [6.45, 7) is 6.86. The number of anilines is 1. The Kier molecular flexibility index (Phi) is 4.95. The Labute approximate surface area is 123 Å². The number of thioether (sulfide) groups is 1. The third-order valence-electron chi connectivity index (χ3n) is 2.94. The second kappa shape index (κ2) is 6.70. The minimum atomic E-state index is -0.218. The van der Waals surface area contributed by atoms with Gasteiger partial charge in [0.25, 0.3) is 0 Å². The molecule has 0 amide bonds. The summed E-state index contributed by atoms with van der Waals surface area (Å²) in [5.41, 5.74) is 2.05. The molecule has 0 aliphatic carbocycles. The Morgan fingerprint density at radius 1 is 1.25 bits per heavy atom. The Bertz CT molecular complexity index is 602. The summed E-state index contributed by atoms with van der Waals surface area (Å²) in [6, 6.07) is 6.57. The Hall–Kier alpha value is -1.62. The number of rotatable bonds is 5. The van der Waals surface area contributed by atoms with Gasteiger partial charge in [-0.3, -0.25) is 0 Å². The Balaban J connectivity index is 2.13. The summed E-state index contributed by atoms with van der Waals surface area (Å²) in [5, 5.41) is 3.24. The SMILES string of the molecule is CCNc1nc(CSc2cccc(F)c2)nc(C)c1C. The number of nitrogens with zero attached hydrogens (tertiary/aromatic N) is 2. The zero-order valence-electron chi connectivity index (χ0n) is 11.9. The van der Waals surface area contributed by atoms with Crippen LogP contribution < -0.4 is 5.32 Å². The smallest absolute Gasteiger partial charge is 0.141 e. The maximum atomic E-state index is 13.1. The van der Waals surface area contributed by atoms with Gasteiger partial charge in [0.05, 0.1) is 5.75 Å². The lowest BCUT2D eigenvalue weighted by molar-refractivity contribution is 0.624. The van der Waals surface area contributed by atoms with E-state index in [9.17, 15) is 4.39 Å². The minimum absolute atomic E-state index is 0.218. The van der Waals surface area contributed by atoms with Gasteiger partial charge in [0.2, 0.25) is 0 Å². The summed E-state index contributed by atoms with van der Waals surface area (Å²) >= 11 is 1.54. The van der Waals surface area contributed by atoms with E-state index in [4.69, 9.17) is 0 Å². The molecular weight excluding hydrogens is 273 g/mol. The zero-order chi connectivity index (χ0) is 14.5. The van der Waals surface area contributed by atoms with E-state index in [0.29, 0.717) is 5.75 Å². The van der Waals surface area contributed by atoms with E-state index in [0.717, 1.165) is 34.3 Å². The zero-order valence-corrected chi connectivity index (χ0v) is 12.7. The molecule has 1 aromatic heterocycles. The van der Waals surface area contributed by atoms with Crippen LogP contribution in [0.5, 0.6) is 0 Å². The second-order valence-electron chi connectivity index (χ2n) is 4.48. The van der Waals surface area contributed by atoms with E-state index in [1.165, 1.54) is 23.9 Å². The van der Waals surface area contributed by atoms with Gasteiger partial charge in [-0.05, 0) is 39.0 Å². The average Bonchev–Trinajstić information content (AvgIpc) is 2.42. The molecule has 0 spiro atoms. The number of benzene rings is 1. The third-order valence-corrected chi connectivity index (χ3v) is 3.93. The lowest BCUT2D eigenvalue weighted by Gasteiger charge is -2.11. The molecule has 1 aromatic carbocycles. The summed E-state index contributed by atoms with van der Waals surface area (Å²) in [6.07, 6.45) is 0. The highest BCUT2D eigenvalue weighted by molar-refractivity contribution is 7.98. The quantitative estimate of drug-likeness (QED) is 0.846. The highest BCUT2D eigenvalue weighted by atomic mass is 32.2. The highest BCUT2D eigenvalue weighted by Crippen LogP contribution is 2.23. The predicted octanol–water partition coefficient (Wildman–Crippen LogP) is 3.96. The van der Waals surface area contributed by atoms with Crippen molar-refractivity contribution >= 4 is 17.6 Å². The van der Waals surface area contributed by atoms with E-state index in [1.807, 2.05) is 26.8 Å². The van der Waals surface area contributed by atoms with Crippen molar-refractivity contribution in [2.45, 2.75) is 31.4 Å². The van der Waals surface area contributed by atoms with E-state index < -0.39 is 0 Å². The predicted molar refractivity (Wildman–Crippen MR) is 81.6 cm³/mol. The van der Waals surface area contributed by atoms with Crippen LogP contribution >= 0.6 is 11.8 Å². The van der Waals surface area contributed by atoms with Crippen molar-refractivity contribution in [1.82, 2.24) is 9.97 Å². The van der Waals surface area contributed by atoms with Crippen LogP contribution in [0, 0.1) is 19.7 Å². The molecule has 0 aliphatic heterocycles. The molecule has 0 saturated carbocycles. The molecule has 0 bridgehead atoms. The second-order valence-corrected chi connectivity index (χ2v) is 5.52. The number of halogens is 1. The van der Waals surface area contributed by atoms with Gasteiger partial charge in [0.15, 0.2) is 0 Å². The molecule has 2 rings (SSSR count). The van der Waals surface area contributed by atoms with Crippen molar-refractivity contribution in [2.24, 2.45) is 0 Å². The van der Waals surface area contributed by atoms with Crippen LogP contribution in [0.2, 0.25) is 0 Å². The van der Waals surface area contributed by atoms with Gasteiger partial charge in [-0.25, -0.2) is 14.4 Å². The first-order valence-electron chi connectivity index (χ1n) is 6.56. The monoisotopic (exact) mass is 291 g/mol. The highest BCUT2D eigenvalue weighted by Gasteiger charge is 2.08. The lowest BCUT2D eigenvalue weighted by Crippen LogP contribution is -2.07. The molecule has 106 valence electrons. The number of hydrogen-bond acceptors (Lipinski definition) is 4. The topological polar surface area (TPSA) is 37.8 Å².